The average Bonchev–Trinajstić information content (AvgIpc) is 3.50. The summed E-state index contributed by atoms with van der Waals surface area (Å²) in [7, 11) is 0. The number of fused-ring (bicyclic) bond motifs is 7. The Bertz CT molecular complexity index is 2780. The van der Waals surface area contributed by atoms with Gasteiger partial charge in [0, 0.05) is 10.8 Å². The molecular weight excluding hydrogens is 569 g/mol. The van der Waals surface area contributed by atoms with Gasteiger partial charge in [-0.1, -0.05) is 140 Å². The van der Waals surface area contributed by atoms with Crippen LogP contribution < -0.4 is 0 Å². The zero-order chi connectivity index (χ0) is 30.9. The zero-order valence-corrected chi connectivity index (χ0v) is 25.6. The minimum Gasteiger partial charge on any atom is -0.456 e. The molecule has 0 radical (unpaired) electrons. The van der Waals surface area contributed by atoms with Crippen molar-refractivity contribution in [1.29, 1.82) is 0 Å². The second kappa shape index (κ2) is 10.2. The lowest BCUT2D eigenvalue weighted by Gasteiger charge is -2.18. The fourth-order valence-corrected chi connectivity index (χ4v) is 7.66. The SMILES string of the molecule is c1ccc(-c2ccc3ccc(-c4c5ccccc5c(-c5cccc6oc7cc8ccccc8cc7c56)c5ccccc45)cc3c2)cc1. The van der Waals surface area contributed by atoms with Crippen molar-refractivity contribution >= 4 is 65.0 Å². The molecule has 0 atom stereocenters. The van der Waals surface area contributed by atoms with Crippen molar-refractivity contribution in [2.75, 3.05) is 0 Å². The molecule has 10 aromatic rings. The van der Waals surface area contributed by atoms with Crippen LogP contribution in [0.4, 0.5) is 0 Å². The highest BCUT2D eigenvalue weighted by Crippen LogP contribution is 2.47. The zero-order valence-electron chi connectivity index (χ0n) is 25.6. The summed E-state index contributed by atoms with van der Waals surface area (Å²) >= 11 is 0. The van der Waals surface area contributed by atoms with E-state index in [1.54, 1.807) is 0 Å². The van der Waals surface area contributed by atoms with Crippen molar-refractivity contribution in [3.8, 4) is 33.4 Å². The molecule has 0 spiro atoms. The smallest absolute Gasteiger partial charge is 0.136 e. The van der Waals surface area contributed by atoms with Gasteiger partial charge < -0.3 is 4.42 Å². The summed E-state index contributed by atoms with van der Waals surface area (Å²) in [5, 5.41) is 12.2. The molecule has 0 unspecified atom stereocenters. The summed E-state index contributed by atoms with van der Waals surface area (Å²) in [6, 6.07) is 61.6. The Labute approximate surface area is 271 Å². The molecule has 0 bridgehead atoms. The third-order valence-electron chi connectivity index (χ3n) is 9.80. The van der Waals surface area contributed by atoms with E-state index in [4.69, 9.17) is 4.42 Å². The van der Waals surface area contributed by atoms with Crippen LogP contribution in [0.5, 0.6) is 0 Å². The number of hydrogen-bond acceptors (Lipinski definition) is 1. The summed E-state index contributed by atoms with van der Waals surface area (Å²) in [5.41, 5.74) is 9.22. The minimum atomic E-state index is 0.911. The van der Waals surface area contributed by atoms with Crippen LogP contribution in [0.3, 0.4) is 0 Å². The predicted octanol–water partition coefficient (Wildman–Crippen LogP) is 13.2. The van der Waals surface area contributed by atoms with Gasteiger partial charge in [0.1, 0.15) is 11.2 Å². The van der Waals surface area contributed by atoms with Gasteiger partial charge in [0.25, 0.3) is 0 Å². The molecule has 218 valence electrons. The number of hydrogen-bond donors (Lipinski definition) is 0. The van der Waals surface area contributed by atoms with Gasteiger partial charge in [-0.2, -0.15) is 0 Å². The van der Waals surface area contributed by atoms with Crippen LogP contribution in [0.1, 0.15) is 0 Å². The molecule has 0 N–H and O–H groups in total. The summed E-state index contributed by atoms with van der Waals surface area (Å²) in [6.45, 7) is 0. The molecule has 0 amide bonds. The van der Waals surface area contributed by atoms with E-state index in [0.29, 0.717) is 0 Å². The standard InChI is InChI=1S/C46H28O/c1-2-11-29(12-3-1)33-23-21-30-22-24-34(26-35(30)25-33)44-36-15-6-8-17-38(36)45(39-18-9-7-16-37(39)44)40-19-10-20-42-46(40)41-27-31-13-4-5-14-32(31)28-43(41)47-42/h1-28H. The van der Waals surface area contributed by atoms with Crippen molar-refractivity contribution in [2.45, 2.75) is 0 Å². The van der Waals surface area contributed by atoms with Crippen LogP contribution in [0.2, 0.25) is 0 Å². The van der Waals surface area contributed by atoms with Gasteiger partial charge in [-0.05, 0) is 107 Å². The average molecular weight is 597 g/mol. The van der Waals surface area contributed by atoms with E-state index in [2.05, 4.69) is 170 Å². The first kappa shape index (κ1) is 26.1. The highest BCUT2D eigenvalue weighted by Gasteiger charge is 2.20. The van der Waals surface area contributed by atoms with Crippen molar-refractivity contribution in [2.24, 2.45) is 0 Å². The summed E-state index contributed by atoms with van der Waals surface area (Å²) < 4.78 is 6.52. The predicted molar refractivity (Wildman–Crippen MR) is 200 cm³/mol. The first-order valence-corrected chi connectivity index (χ1v) is 16.2. The maximum atomic E-state index is 6.52. The molecule has 0 aliphatic carbocycles. The third-order valence-corrected chi connectivity index (χ3v) is 9.80. The summed E-state index contributed by atoms with van der Waals surface area (Å²) in [4.78, 5) is 0. The second-order valence-electron chi connectivity index (χ2n) is 12.5. The third kappa shape index (κ3) is 4.03. The molecule has 47 heavy (non-hydrogen) atoms. The van der Waals surface area contributed by atoms with E-state index < -0.39 is 0 Å². The minimum absolute atomic E-state index is 0.911. The van der Waals surface area contributed by atoms with Crippen molar-refractivity contribution in [3.05, 3.63) is 170 Å². The highest BCUT2D eigenvalue weighted by atomic mass is 16.3. The fraction of sp³-hybridized carbons (Fsp3) is 0. The number of benzene rings is 9. The Morgan fingerprint density at radius 3 is 1.62 bits per heavy atom. The van der Waals surface area contributed by atoms with Gasteiger partial charge in [0.2, 0.25) is 0 Å². The molecule has 0 saturated heterocycles. The molecule has 1 heterocycles. The van der Waals surface area contributed by atoms with E-state index in [-0.39, 0.29) is 0 Å². The second-order valence-corrected chi connectivity index (χ2v) is 12.5. The van der Waals surface area contributed by atoms with E-state index in [1.165, 1.54) is 76.5 Å². The van der Waals surface area contributed by atoms with E-state index in [1.807, 2.05) is 0 Å². The Morgan fingerprint density at radius 2 is 0.894 bits per heavy atom. The fourth-order valence-electron chi connectivity index (χ4n) is 7.66. The van der Waals surface area contributed by atoms with Gasteiger partial charge in [0.15, 0.2) is 0 Å². The van der Waals surface area contributed by atoms with Gasteiger partial charge in [-0.15, -0.1) is 0 Å². The first-order valence-electron chi connectivity index (χ1n) is 16.2. The first-order chi connectivity index (χ1) is 23.3. The van der Waals surface area contributed by atoms with Crippen LogP contribution in [0, 0.1) is 0 Å². The topological polar surface area (TPSA) is 13.1 Å². The van der Waals surface area contributed by atoms with Gasteiger partial charge in [-0.3, -0.25) is 0 Å². The molecule has 0 aliphatic heterocycles. The number of rotatable bonds is 3. The Kier molecular flexibility index (Phi) is 5.64. The molecule has 0 aliphatic rings. The molecule has 9 aromatic carbocycles. The largest absolute Gasteiger partial charge is 0.456 e. The normalized spacial score (nSPS) is 11.8. The monoisotopic (exact) mass is 596 g/mol. The Morgan fingerprint density at radius 1 is 0.298 bits per heavy atom. The van der Waals surface area contributed by atoms with Crippen LogP contribution in [-0.4, -0.2) is 0 Å². The summed E-state index contributed by atoms with van der Waals surface area (Å²) in [6.07, 6.45) is 0. The Hall–Kier alpha value is -6.18. The molecule has 0 saturated carbocycles. The van der Waals surface area contributed by atoms with Crippen LogP contribution in [0.15, 0.2) is 174 Å². The number of furan rings is 1. The van der Waals surface area contributed by atoms with Crippen molar-refractivity contribution < 1.29 is 4.42 Å². The van der Waals surface area contributed by atoms with Crippen molar-refractivity contribution in [1.82, 2.24) is 0 Å². The van der Waals surface area contributed by atoms with E-state index in [0.717, 1.165) is 21.9 Å². The van der Waals surface area contributed by atoms with Gasteiger partial charge >= 0.3 is 0 Å². The molecular formula is C46H28O. The molecule has 10 rings (SSSR count). The molecule has 1 nitrogen and oxygen atoms in total. The maximum absolute atomic E-state index is 6.52. The molecule has 0 fully saturated rings. The van der Waals surface area contributed by atoms with Gasteiger partial charge in [0.05, 0.1) is 0 Å². The lowest BCUT2D eigenvalue weighted by molar-refractivity contribution is 0.669. The van der Waals surface area contributed by atoms with Gasteiger partial charge in [-0.25, -0.2) is 0 Å². The van der Waals surface area contributed by atoms with E-state index >= 15 is 0 Å². The van der Waals surface area contributed by atoms with E-state index in [9.17, 15) is 0 Å². The van der Waals surface area contributed by atoms with Crippen LogP contribution in [0.25, 0.3) is 98.4 Å². The molecule has 1 aromatic heterocycles. The highest BCUT2D eigenvalue weighted by molar-refractivity contribution is 6.26. The lowest BCUT2D eigenvalue weighted by atomic mass is 9.84. The van der Waals surface area contributed by atoms with Crippen molar-refractivity contribution in [3.63, 3.8) is 0 Å². The summed E-state index contributed by atoms with van der Waals surface area (Å²) in [5.74, 6) is 0. The maximum Gasteiger partial charge on any atom is 0.136 e. The van der Waals surface area contributed by atoms with Crippen LogP contribution >= 0.6 is 0 Å². The Balaban J connectivity index is 1.27. The van der Waals surface area contributed by atoms with Crippen LogP contribution in [-0.2, 0) is 0 Å². The quantitative estimate of drug-likeness (QED) is 0.185. The lowest BCUT2D eigenvalue weighted by Crippen LogP contribution is -1.91. The molecule has 1 heteroatoms.